The molecule has 4 unspecified atom stereocenters. The zero-order valence-corrected chi connectivity index (χ0v) is 17.8. The second-order valence-corrected chi connectivity index (χ2v) is 9.29. The zero-order valence-electron chi connectivity index (χ0n) is 17.8. The van der Waals surface area contributed by atoms with Crippen LogP contribution in [0.25, 0.3) is 5.76 Å². The summed E-state index contributed by atoms with van der Waals surface area (Å²) in [5.74, 6) is -8.74. The van der Waals surface area contributed by atoms with Crippen LogP contribution in [0.4, 0.5) is 0 Å². The van der Waals surface area contributed by atoms with Gasteiger partial charge in [0, 0.05) is 23.5 Å². The Labute approximate surface area is 183 Å². The van der Waals surface area contributed by atoms with Gasteiger partial charge >= 0.3 is 0 Å². The van der Waals surface area contributed by atoms with Crippen LogP contribution in [0.2, 0.25) is 0 Å². The quantitative estimate of drug-likeness (QED) is 0.304. The number of aliphatic hydroxyl groups is 4. The second kappa shape index (κ2) is 6.85. The number of aliphatic hydroxyl groups excluding tert-OH is 2. The normalized spacial score (nSPS) is 38.9. The lowest BCUT2D eigenvalue weighted by atomic mass is 9.52. The lowest BCUT2D eigenvalue weighted by Crippen LogP contribution is -2.74. The summed E-state index contributed by atoms with van der Waals surface area (Å²) in [6.07, 6.45) is -1.75. The molecule has 0 heterocycles. The first kappa shape index (κ1) is 22.4. The lowest BCUT2D eigenvalue weighted by molar-refractivity contribution is -0.188. The van der Waals surface area contributed by atoms with Crippen molar-refractivity contribution in [3.63, 3.8) is 0 Å². The molecule has 2 saturated carbocycles. The number of nitrogens with two attached hydrogens (primary N) is 1. The number of likely N-dealkylation sites (N-methyl/N-ethyl adjacent to an activating group) is 1. The number of phenolic OH excluding ortho intramolecular Hbond substituents is 1. The van der Waals surface area contributed by atoms with Crippen molar-refractivity contribution in [1.29, 1.82) is 0 Å². The van der Waals surface area contributed by atoms with E-state index in [2.05, 4.69) is 0 Å². The highest BCUT2D eigenvalue weighted by atomic mass is 16.3. The van der Waals surface area contributed by atoms with Gasteiger partial charge in [0.15, 0.2) is 11.4 Å². The molecule has 3 aliphatic carbocycles. The number of amides is 1. The molecule has 172 valence electrons. The van der Waals surface area contributed by atoms with E-state index in [1.54, 1.807) is 14.1 Å². The molecule has 0 saturated heterocycles. The maximum Gasteiger partial charge on any atom is 0.230 e. The van der Waals surface area contributed by atoms with Gasteiger partial charge in [-0.2, -0.15) is 0 Å². The summed E-state index contributed by atoms with van der Waals surface area (Å²) >= 11 is 0. The Hall–Kier alpha value is -2.79. The fourth-order valence-corrected chi connectivity index (χ4v) is 5.86. The molecule has 1 amide bonds. The summed E-state index contributed by atoms with van der Waals surface area (Å²) in [6, 6.07) is 3.23. The molecule has 2 fully saturated rings. The molecule has 0 spiro atoms. The molecular weight excluding hydrogens is 420 g/mol. The molecule has 1 aromatic carbocycles. The van der Waals surface area contributed by atoms with Gasteiger partial charge in [-0.25, -0.2) is 0 Å². The largest absolute Gasteiger partial charge is 0.507 e. The van der Waals surface area contributed by atoms with Crippen molar-refractivity contribution in [1.82, 2.24) is 4.90 Å². The highest BCUT2D eigenvalue weighted by molar-refractivity contribution is 6.25. The first-order chi connectivity index (χ1) is 14.8. The number of hydrogen-bond acceptors (Lipinski definition) is 9. The number of fused-ring (bicyclic) bond motifs is 3. The topological polar surface area (TPSA) is 182 Å². The molecule has 3 aliphatic rings. The van der Waals surface area contributed by atoms with Gasteiger partial charge in [0.25, 0.3) is 0 Å². The Morgan fingerprint density at radius 2 is 1.81 bits per heavy atom. The third-order valence-electron chi connectivity index (χ3n) is 7.39. The molecule has 1 aromatic rings. The van der Waals surface area contributed by atoms with Gasteiger partial charge in [-0.3, -0.25) is 14.4 Å². The SMILES string of the molecule is CN(C)[C@@H]1C(O)C(C(N)=O)C(=O)[C@@]2(O)C(=O)C3=C(O)c4c(O)cccc4[C@@](C)(O)C3CC12. The first-order valence-electron chi connectivity index (χ1n) is 10.2. The van der Waals surface area contributed by atoms with Crippen LogP contribution in [-0.2, 0) is 20.0 Å². The Balaban J connectivity index is 1.99. The number of carbonyl (C=O) groups is 3. The minimum Gasteiger partial charge on any atom is -0.507 e. The number of phenols is 1. The Morgan fingerprint density at radius 3 is 2.38 bits per heavy atom. The number of primary amides is 1. The molecule has 0 bridgehead atoms. The summed E-state index contributed by atoms with van der Waals surface area (Å²) < 4.78 is 0. The van der Waals surface area contributed by atoms with Gasteiger partial charge in [-0.05, 0) is 39.1 Å². The minimum atomic E-state index is -2.76. The molecular formula is C22H26N2O8. The molecule has 10 nitrogen and oxygen atoms in total. The summed E-state index contributed by atoms with van der Waals surface area (Å²) in [5.41, 5.74) is 0.420. The van der Waals surface area contributed by atoms with Gasteiger partial charge in [0.2, 0.25) is 11.7 Å². The summed E-state index contributed by atoms with van der Waals surface area (Å²) in [5, 5.41) is 55.0. The molecule has 32 heavy (non-hydrogen) atoms. The van der Waals surface area contributed by atoms with Crippen LogP contribution < -0.4 is 5.73 Å². The van der Waals surface area contributed by atoms with E-state index in [-0.39, 0.29) is 23.3 Å². The van der Waals surface area contributed by atoms with E-state index in [0.717, 1.165) is 0 Å². The third-order valence-corrected chi connectivity index (χ3v) is 7.39. The summed E-state index contributed by atoms with van der Waals surface area (Å²) in [6.45, 7) is 1.41. The molecule has 0 radical (unpaired) electrons. The van der Waals surface area contributed by atoms with Crippen molar-refractivity contribution in [3.8, 4) is 5.75 Å². The van der Waals surface area contributed by atoms with Gasteiger partial charge in [-0.15, -0.1) is 0 Å². The number of hydrogen-bond donors (Lipinski definition) is 6. The second-order valence-electron chi connectivity index (χ2n) is 9.29. The number of carbonyl (C=O) groups excluding carboxylic acids is 3. The van der Waals surface area contributed by atoms with E-state index in [4.69, 9.17) is 5.73 Å². The van der Waals surface area contributed by atoms with Crippen molar-refractivity contribution >= 4 is 23.2 Å². The van der Waals surface area contributed by atoms with Crippen molar-refractivity contribution in [2.24, 2.45) is 23.5 Å². The van der Waals surface area contributed by atoms with E-state index >= 15 is 0 Å². The summed E-state index contributed by atoms with van der Waals surface area (Å²) in [7, 11) is 3.11. The molecule has 0 aromatic heterocycles. The number of nitrogens with zero attached hydrogens (tertiary/aromatic N) is 1. The monoisotopic (exact) mass is 446 g/mol. The van der Waals surface area contributed by atoms with E-state index < -0.39 is 69.9 Å². The maximum absolute atomic E-state index is 13.7. The first-order valence-corrected chi connectivity index (χ1v) is 10.2. The fourth-order valence-electron chi connectivity index (χ4n) is 5.86. The fraction of sp³-hybridized carbons (Fsp3) is 0.500. The van der Waals surface area contributed by atoms with E-state index in [1.807, 2.05) is 0 Å². The van der Waals surface area contributed by atoms with Gasteiger partial charge in [0.05, 0.1) is 17.3 Å². The van der Waals surface area contributed by atoms with Crippen molar-refractivity contribution in [3.05, 3.63) is 34.9 Å². The third kappa shape index (κ3) is 2.57. The molecule has 4 rings (SSSR count). The van der Waals surface area contributed by atoms with E-state index in [9.17, 15) is 39.9 Å². The van der Waals surface area contributed by atoms with Crippen LogP contribution in [0, 0.1) is 17.8 Å². The standard InChI is InChI=1S/C22H26N2O8/c1-21(31)8-5-4-6-11(25)12(8)16(26)13-9(21)7-10-15(24(2)3)17(27)14(20(23)30)19(29)22(10,32)18(13)28/h4-6,9-10,14-15,17,25-27,31-32H,7H2,1-3H3,(H2,23,30)/t9?,10?,14?,15-,17?,21+,22-/m0/s1. The highest BCUT2D eigenvalue weighted by Crippen LogP contribution is 2.56. The Morgan fingerprint density at radius 1 is 1.19 bits per heavy atom. The van der Waals surface area contributed by atoms with Gasteiger partial charge < -0.3 is 36.2 Å². The number of benzene rings is 1. The van der Waals surface area contributed by atoms with E-state index in [0.29, 0.717) is 0 Å². The molecule has 7 N–H and O–H groups in total. The molecule has 10 heteroatoms. The maximum atomic E-state index is 13.7. The minimum absolute atomic E-state index is 0.166. The predicted octanol–water partition coefficient (Wildman–Crippen LogP) is -1.21. The van der Waals surface area contributed by atoms with Crippen LogP contribution in [0.5, 0.6) is 5.75 Å². The van der Waals surface area contributed by atoms with Crippen molar-refractivity contribution in [2.75, 3.05) is 14.1 Å². The summed E-state index contributed by atoms with van der Waals surface area (Å²) in [4.78, 5) is 40.3. The number of Topliss-reactive ketones (excluding diaryl/α,β-unsaturated/α-hetero) is 2. The lowest BCUT2D eigenvalue weighted by Gasteiger charge is -2.55. The average Bonchev–Trinajstić information content (AvgIpc) is 2.68. The Kier molecular flexibility index (Phi) is 4.80. The van der Waals surface area contributed by atoms with Crippen molar-refractivity contribution < 1.29 is 39.9 Å². The highest BCUT2D eigenvalue weighted by Gasteiger charge is 2.69. The predicted molar refractivity (Wildman–Crippen MR) is 110 cm³/mol. The van der Waals surface area contributed by atoms with E-state index in [1.165, 1.54) is 30.0 Å². The number of ketones is 2. The molecule has 0 aliphatic heterocycles. The van der Waals surface area contributed by atoms with Gasteiger partial charge in [0.1, 0.15) is 17.4 Å². The van der Waals surface area contributed by atoms with Crippen LogP contribution >= 0.6 is 0 Å². The van der Waals surface area contributed by atoms with Crippen LogP contribution in [-0.4, -0.2) is 79.7 Å². The Bertz CT molecular complexity index is 1080. The smallest absolute Gasteiger partial charge is 0.230 e. The van der Waals surface area contributed by atoms with Gasteiger partial charge in [-0.1, -0.05) is 12.1 Å². The van der Waals surface area contributed by atoms with Crippen molar-refractivity contribution in [2.45, 2.75) is 36.7 Å². The van der Waals surface area contributed by atoms with Crippen LogP contribution in [0.15, 0.2) is 23.8 Å². The average molecular weight is 446 g/mol. The number of aromatic hydroxyl groups is 1. The number of rotatable bonds is 2. The zero-order chi connectivity index (χ0) is 23.9. The van der Waals surface area contributed by atoms with Crippen LogP contribution in [0.3, 0.4) is 0 Å². The molecule has 7 atom stereocenters. The van der Waals surface area contributed by atoms with Crippen LogP contribution in [0.1, 0.15) is 24.5 Å².